The van der Waals surface area contributed by atoms with Crippen LogP contribution in [0.5, 0.6) is 5.75 Å². The highest BCUT2D eigenvalue weighted by Crippen LogP contribution is 2.38. The molecule has 0 bridgehead atoms. The highest BCUT2D eigenvalue weighted by atomic mass is 32.1. The standard InChI is InChI=1S/C12H8F2O2S/c1-5-2-8-10(15-5)7-3-6(13)4-9(14)11(7)16-12(8)17/h3-5H,2H2,1H3. The first-order valence-corrected chi connectivity index (χ1v) is 5.58. The Bertz CT molecular complexity index is 678. The second-order valence-electron chi connectivity index (χ2n) is 4.09. The molecule has 1 aromatic heterocycles. The fraction of sp³-hybridized carbons (Fsp3) is 0.250. The van der Waals surface area contributed by atoms with Gasteiger partial charge in [0.2, 0.25) is 0 Å². The zero-order chi connectivity index (χ0) is 12.2. The molecule has 0 spiro atoms. The number of halogens is 2. The Morgan fingerprint density at radius 1 is 1.35 bits per heavy atom. The predicted molar refractivity (Wildman–Crippen MR) is 60.8 cm³/mol. The monoisotopic (exact) mass is 254 g/mol. The van der Waals surface area contributed by atoms with E-state index in [4.69, 9.17) is 21.4 Å². The molecule has 1 atom stereocenters. The van der Waals surface area contributed by atoms with Crippen molar-refractivity contribution < 1.29 is 17.9 Å². The van der Waals surface area contributed by atoms with Crippen molar-refractivity contribution in [3.8, 4) is 5.75 Å². The molecule has 2 aromatic rings. The number of hydrogen-bond donors (Lipinski definition) is 0. The van der Waals surface area contributed by atoms with Crippen LogP contribution in [0, 0.1) is 16.3 Å². The van der Waals surface area contributed by atoms with Crippen LogP contribution < -0.4 is 4.74 Å². The van der Waals surface area contributed by atoms with Gasteiger partial charge in [-0.05, 0) is 25.2 Å². The molecule has 5 heteroatoms. The lowest BCUT2D eigenvalue weighted by Crippen LogP contribution is -2.05. The zero-order valence-corrected chi connectivity index (χ0v) is 9.74. The van der Waals surface area contributed by atoms with Crippen LogP contribution in [0.2, 0.25) is 0 Å². The lowest BCUT2D eigenvalue weighted by Gasteiger charge is -2.06. The average molecular weight is 254 g/mol. The van der Waals surface area contributed by atoms with Crippen molar-refractivity contribution in [3.05, 3.63) is 34.0 Å². The number of benzene rings is 1. The van der Waals surface area contributed by atoms with E-state index in [1.54, 1.807) is 0 Å². The first-order chi connectivity index (χ1) is 8.06. The van der Waals surface area contributed by atoms with Gasteiger partial charge in [-0.15, -0.1) is 0 Å². The van der Waals surface area contributed by atoms with Gasteiger partial charge in [-0.1, -0.05) is 0 Å². The summed E-state index contributed by atoms with van der Waals surface area (Å²) in [6.07, 6.45) is 0.546. The van der Waals surface area contributed by atoms with Crippen molar-refractivity contribution in [2.45, 2.75) is 19.4 Å². The minimum absolute atomic E-state index is 0.0516. The zero-order valence-electron chi connectivity index (χ0n) is 8.92. The molecule has 1 unspecified atom stereocenters. The summed E-state index contributed by atoms with van der Waals surface area (Å²) < 4.78 is 37.8. The SMILES string of the molecule is CC1Cc2c(c3cc(F)cc(F)c3oc2=S)O1. The molecule has 1 aromatic carbocycles. The maximum Gasteiger partial charge on any atom is 0.198 e. The quantitative estimate of drug-likeness (QED) is 0.668. The van der Waals surface area contributed by atoms with Gasteiger partial charge in [0.1, 0.15) is 17.7 Å². The molecule has 0 radical (unpaired) electrons. The van der Waals surface area contributed by atoms with Crippen LogP contribution in [0.3, 0.4) is 0 Å². The molecule has 0 N–H and O–H groups in total. The Hall–Kier alpha value is -1.49. The topological polar surface area (TPSA) is 22.4 Å². The predicted octanol–water partition coefficient (Wildman–Crippen LogP) is 3.76. The van der Waals surface area contributed by atoms with Gasteiger partial charge in [0, 0.05) is 12.5 Å². The smallest absolute Gasteiger partial charge is 0.198 e. The van der Waals surface area contributed by atoms with E-state index in [1.807, 2.05) is 6.92 Å². The van der Waals surface area contributed by atoms with Crippen molar-refractivity contribution in [2.75, 3.05) is 0 Å². The molecule has 2 heterocycles. The van der Waals surface area contributed by atoms with Gasteiger partial charge in [0.15, 0.2) is 16.1 Å². The summed E-state index contributed by atoms with van der Waals surface area (Å²) in [6, 6.07) is 1.97. The van der Waals surface area contributed by atoms with Crippen molar-refractivity contribution in [1.82, 2.24) is 0 Å². The molecule has 0 amide bonds. The minimum atomic E-state index is -0.767. The molecule has 0 saturated carbocycles. The van der Waals surface area contributed by atoms with Gasteiger partial charge in [0.25, 0.3) is 0 Å². The summed E-state index contributed by atoms with van der Waals surface area (Å²) in [5.74, 6) is -0.980. The third kappa shape index (κ3) is 1.53. The van der Waals surface area contributed by atoms with E-state index in [-0.39, 0.29) is 16.4 Å². The van der Waals surface area contributed by atoms with Gasteiger partial charge in [-0.25, -0.2) is 8.78 Å². The van der Waals surface area contributed by atoms with Gasteiger partial charge in [-0.2, -0.15) is 0 Å². The summed E-state index contributed by atoms with van der Waals surface area (Å²) in [4.78, 5) is 0. The Labute approximate surface area is 101 Å². The van der Waals surface area contributed by atoms with Crippen LogP contribution in [-0.2, 0) is 6.42 Å². The molecule has 17 heavy (non-hydrogen) atoms. The van der Waals surface area contributed by atoms with Gasteiger partial charge < -0.3 is 9.15 Å². The van der Waals surface area contributed by atoms with E-state index in [9.17, 15) is 8.78 Å². The fourth-order valence-corrected chi connectivity index (χ4v) is 2.34. The van der Waals surface area contributed by atoms with Crippen LogP contribution in [0.4, 0.5) is 8.78 Å². The first-order valence-electron chi connectivity index (χ1n) is 5.17. The van der Waals surface area contributed by atoms with E-state index in [2.05, 4.69) is 0 Å². The van der Waals surface area contributed by atoms with Gasteiger partial charge in [0.05, 0.1) is 10.9 Å². The molecule has 88 valence electrons. The minimum Gasteiger partial charge on any atom is -0.489 e. The van der Waals surface area contributed by atoms with E-state index in [0.717, 1.165) is 6.07 Å². The summed E-state index contributed by atoms with van der Waals surface area (Å²) >= 11 is 5.04. The number of rotatable bonds is 0. The van der Waals surface area contributed by atoms with Crippen LogP contribution in [0.25, 0.3) is 11.0 Å². The molecule has 0 saturated heterocycles. The second-order valence-corrected chi connectivity index (χ2v) is 4.46. The van der Waals surface area contributed by atoms with E-state index < -0.39 is 11.6 Å². The Kier molecular flexibility index (Phi) is 2.19. The van der Waals surface area contributed by atoms with Crippen LogP contribution in [-0.4, -0.2) is 6.10 Å². The third-order valence-electron chi connectivity index (χ3n) is 2.78. The Morgan fingerprint density at radius 2 is 2.12 bits per heavy atom. The van der Waals surface area contributed by atoms with Gasteiger partial charge >= 0.3 is 0 Å². The molecular weight excluding hydrogens is 246 g/mol. The second kappa shape index (κ2) is 3.50. The van der Waals surface area contributed by atoms with E-state index >= 15 is 0 Å². The summed E-state index contributed by atoms with van der Waals surface area (Å²) in [6.45, 7) is 1.87. The third-order valence-corrected chi connectivity index (χ3v) is 3.11. The van der Waals surface area contributed by atoms with Gasteiger partial charge in [-0.3, -0.25) is 0 Å². The van der Waals surface area contributed by atoms with Crippen molar-refractivity contribution in [2.24, 2.45) is 0 Å². The number of fused-ring (bicyclic) bond motifs is 3. The molecule has 0 fully saturated rings. The van der Waals surface area contributed by atoms with Crippen LogP contribution >= 0.6 is 12.2 Å². The maximum absolute atomic E-state index is 13.6. The molecule has 1 aliphatic heterocycles. The number of ether oxygens (including phenoxy) is 1. The molecule has 2 nitrogen and oxygen atoms in total. The Balaban J connectivity index is 2.46. The highest BCUT2D eigenvalue weighted by molar-refractivity contribution is 7.71. The lowest BCUT2D eigenvalue weighted by molar-refractivity contribution is 0.257. The normalized spacial score (nSPS) is 18.2. The van der Waals surface area contributed by atoms with Crippen LogP contribution in [0.1, 0.15) is 12.5 Å². The van der Waals surface area contributed by atoms with E-state index in [1.165, 1.54) is 6.07 Å². The molecule has 0 aliphatic carbocycles. The molecule has 1 aliphatic rings. The number of hydrogen-bond acceptors (Lipinski definition) is 3. The first kappa shape index (κ1) is 10.7. The molecule has 3 rings (SSSR count). The maximum atomic E-state index is 13.6. The Morgan fingerprint density at radius 3 is 2.88 bits per heavy atom. The summed E-state index contributed by atoms with van der Waals surface area (Å²) in [5.41, 5.74) is 0.661. The van der Waals surface area contributed by atoms with Crippen molar-refractivity contribution in [1.29, 1.82) is 0 Å². The fourth-order valence-electron chi connectivity index (χ4n) is 2.08. The van der Waals surface area contributed by atoms with E-state index in [0.29, 0.717) is 23.1 Å². The molecular formula is C12H8F2O2S. The van der Waals surface area contributed by atoms with Crippen LogP contribution in [0.15, 0.2) is 16.5 Å². The largest absolute Gasteiger partial charge is 0.489 e. The lowest BCUT2D eigenvalue weighted by atomic mass is 10.1. The summed E-state index contributed by atoms with van der Waals surface area (Å²) in [5, 5.41) is 0.301. The average Bonchev–Trinajstić information content (AvgIpc) is 2.63. The highest BCUT2D eigenvalue weighted by Gasteiger charge is 2.26. The summed E-state index contributed by atoms with van der Waals surface area (Å²) in [7, 11) is 0. The van der Waals surface area contributed by atoms with Crippen molar-refractivity contribution in [3.63, 3.8) is 0 Å². The van der Waals surface area contributed by atoms with Crippen molar-refractivity contribution >= 4 is 23.2 Å².